The van der Waals surface area contributed by atoms with Crippen molar-refractivity contribution in [1.82, 2.24) is 4.90 Å². The summed E-state index contributed by atoms with van der Waals surface area (Å²) in [5.74, 6) is 1.86. The topological polar surface area (TPSA) is 68.3 Å². The molecule has 28 heavy (non-hydrogen) atoms. The molecule has 0 spiro atoms. The SMILES string of the molecule is COc1cc([C@@H]2SC[C@H]3C(=O)N(c4ccccc4)C(=O)N32)cc(OC)c1OC. The van der Waals surface area contributed by atoms with E-state index in [1.54, 1.807) is 50.1 Å². The van der Waals surface area contributed by atoms with Gasteiger partial charge in [-0.25, -0.2) is 9.69 Å². The smallest absolute Gasteiger partial charge is 0.333 e. The second-order valence-electron chi connectivity index (χ2n) is 6.36. The van der Waals surface area contributed by atoms with Crippen LogP contribution in [0.1, 0.15) is 10.9 Å². The quantitative estimate of drug-likeness (QED) is 0.718. The van der Waals surface area contributed by atoms with Gasteiger partial charge in [0.25, 0.3) is 5.91 Å². The van der Waals surface area contributed by atoms with E-state index in [1.807, 2.05) is 30.3 Å². The van der Waals surface area contributed by atoms with E-state index in [4.69, 9.17) is 14.2 Å². The van der Waals surface area contributed by atoms with Gasteiger partial charge in [0.05, 0.1) is 27.0 Å². The molecule has 7 nitrogen and oxygen atoms in total. The Bertz CT molecular complexity index is 895. The van der Waals surface area contributed by atoms with E-state index in [0.29, 0.717) is 28.7 Å². The standard InChI is InChI=1S/C20H20N2O5S/c1-25-15-9-12(10-16(26-2)17(15)27-3)19-22-14(11-28-19)18(23)21(20(22)24)13-7-5-4-6-8-13/h4-10,14,19H,11H2,1-3H3/t14-,19-/m0/s1. The van der Waals surface area contributed by atoms with Gasteiger partial charge in [-0.15, -0.1) is 11.8 Å². The van der Waals surface area contributed by atoms with Crippen molar-refractivity contribution in [3.05, 3.63) is 48.0 Å². The van der Waals surface area contributed by atoms with E-state index in [0.717, 1.165) is 5.56 Å². The zero-order chi connectivity index (χ0) is 19.8. The molecular weight excluding hydrogens is 380 g/mol. The van der Waals surface area contributed by atoms with Gasteiger partial charge in [-0.3, -0.25) is 9.69 Å². The molecule has 8 heteroatoms. The molecule has 3 amide bonds. The van der Waals surface area contributed by atoms with Gasteiger partial charge in [-0.05, 0) is 29.8 Å². The Hall–Kier alpha value is -2.87. The van der Waals surface area contributed by atoms with Crippen molar-refractivity contribution in [2.24, 2.45) is 0 Å². The number of fused-ring (bicyclic) bond motifs is 1. The van der Waals surface area contributed by atoms with Gasteiger partial charge in [0.15, 0.2) is 11.5 Å². The molecule has 146 valence electrons. The van der Waals surface area contributed by atoms with Gasteiger partial charge >= 0.3 is 6.03 Å². The number of hydrogen-bond acceptors (Lipinski definition) is 6. The molecule has 2 aliphatic heterocycles. The first-order valence-electron chi connectivity index (χ1n) is 8.73. The fourth-order valence-electron chi connectivity index (χ4n) is 3.60. The second kappa shape index (κ2) is 7.27. The second-order valence-corrected chi connectivity index (χ2v) is 7.47. The summed E-state index contributed by atoms with van der Waals surface area (Å²) in [6.45, 7) is 0. The van der Waals surface area contributed by atoms with Crippen molar-refractivity contribution in [3.63, 3.8) is 0 Å². The number of hydrogen-bond donors (Lipinski definition) is 0. The average Bonchev–Trinajstić information content (AvgIpc) is 3.27. The third-order valence-corrected chi connectivity index (χ3v) is 6.23. The Kier molecular flexibility index (Phi) is 4.80. The molecule has 0 unspecified atom stereocenters. The lowest BCUT2D eigenvalue weighted by Crippen LogP contribution is -2.33. The van der Waals surface area contributed by atoms with Crippen LogP contribution >= 0.6 is 11.8 Å². The lowest BCUT2D eigenvalue weighted by Gasteiger charge is -2.24. The van der Waals surface area contributed by atoms with Crippen LogP contribution in [-0.4, -0.2) is 50.0 Å². The molecule has 0 bridgehead atoms. The Morgan fingerprint density at radius 1 is 0.964 bits per heavy atom. The number of benzene rings is 2. The molecule has 2 aliphatic rings. The number of anilines is 1. The van der Waals surface area contributed by atoms with Crippen LogP contribution in [-0.2, 0) is 4.79 Å². The molecule has 0 aromatic heterocycles. The molecule has 0 saturated carbocycles. The highest BCUT2D eigenvalue weighted by atomic mass is 32.2. The lowest BCUT2D eigenvalue weighted by atomic mass is 10.1. The summed E-state index contributed by atoms with van der Waals surface area (Å²) in [5, 5.41) is -0.316. The third-order valence-electron chi connectivity index (χ3n) is 4.90. The molecule has 2 aromatic carbocycles. The van der Waals surface area contributed by atoms with Gasteiger partial charge in [-0.2, -0.15) is 0 Å². The molecule has 0 N–H and O–H groups in total. The summed E-state index contributed by atoms with van der Waals surface area (Å²) in [6.07, 6.45) is 0. The zero-order valence-electron chi connectivity index (χ0n) is 15.7. The highest BCUT2D eigenvalue weighted by molar-refractivity contribution is 7.99. The van der Waals surface area contributed by atoms with Crippen molar-refractivity contribution < 1.29 is 23.8 Å². The molecule has 0 aliphatic carbocycles. The summed E-state index contributed by atoms with van der Waals surface area (Å²) in [4.78, 5) is 28.9. The number of amides is 3. The molecule has 2 saturated heterocycles. The van der Waals surface area contributed by atoms with Crippen LogP contribution in [0.15, 0.2) is 42.5 Å². The average molecular weight is 400 g/mol. The van der Waals surface area contributed by atoms with Gasteiger partial charge in [0.1, 0.15) is 11.4 Å². The van der Waals surface area contributed by atoms with Gasteiger partial charge in [0.2, 0.25) is 5.75 Å². The van der Waals surface area contributed by atoms with Crippen LogP contribution in [0.5, 0.6) is 17.2 Å². The predicted molar refractivity (Wildman–Crippen MR) is 106 cm³/mol. The highest BCUT2D eigenvalue weighted by Gasteiger charge is 2.53. The van der Waals surface area contributed by atoms with E-state index in [2.05, 4.69) is 0 Å². The van der Waals surface area contributed by atoms with Crippen LogP contribution < -0.4 is 19.1 Å². The van der Waals surface area contributed by atoms with Crippen molar-refractivity contribution in [3.8, 4) is 17.2 Å². The van der Waals surface area contributed by atoms with Crippen molar-refractivity contribution in [2.75, 3.05) is 32.0 Å². The summed E-state index contributed by atoms with van der Waals surface area (Å²) >= 11 is 1.55. The largest absolute Gasteiger partial charge is 0.493 e. The fourth-order valence-corrected chi connectivity index (χ4v) is 5.00. The van der Waals surface area contributed by atoms with E-state index < -0.39 is 6.04 Å². The van der Waals surface area contributed by atoms with E-state index >= 15 is 0 Å². The van der Waals surface area contributed by atoms with Crippen LogP contribution in [0.4, 0.5) is 10.5 Å². The van der Waals surface area contributed by atoms with Crippen LogP contribution in [0.3, 0.4) is 0 Å². The lowest BCUT2D eigenvalue weighted by molar-refractivity contribution is -0.119. The number of para-hydroxylation sites is 1. The number of carbonyl (C=O) groups is 2. The van der Waals surface area contributed by atoms with E-state index in [1.165, 1.54) is 4.90 Å². The Labute approximate surface area is 167 Å². The maximum Gasteiger partial charge on any atom is 0.333 e. The minimum atomic E-state index is -0.484. The van der Waals surface area contributed by atoms with Gasteiger partial charge in [0, 0.05) is 5.75 Å². The molecule has 4 rings (SSSR count). The number of carbonyl (C=O) groups excluding carboxylic acids is 2. The Balaban J connectivity index is 1.72. The normalized spacial score (nSPS) is 21.1. The van der Waals surface area contributed by atoms with Crippen LogP contribution in [0.25, 0.3) is 0 Å². The number of urea groups is 1. The minimum absolute atomic E-state index is 0.196. The summed E-state index contributed by atoms with van der Waals surface area (Å²) < 4.78 is 16.2. The number of methoxy groups -OCH3 is 3. The molecular formula is C20H20N2O5S. The molecule has 0 radical (unpaired) electrons. The number of rotatable bonds is 5. The van der Waals surface area contributed by atoms with Crippen LogP contribution in [0.2, 0.25) is 0 Å². The number of ether oxygens (including phenoxy) is 3. The van der Waals surface area contributed by atoms with Gasteiger partial charge in [-0.1, -0.05) is 18.2 Å². The van der Waals surface area contributed by atoms with E-state index in [9.17, 15) is 9.59 Å². The summed E-state index contributed by atoms with van der Waals surface area (Å²) in [7, 11) is 4.64. The summed E-state index contributed by atoms with van der Waals surface area (Å²) in [5.41, 5.74) is 1.40. The minimum Gasteiger partial charge on any atom is -0.493 e. The first-order chi connectivity index (χ1) is 13.6. The summed E-state index contributed by atoms with van der Waals surface area (Å²) in [6, 6.07) is 11.8. The first kappa shape index (κ1) is 18.5. The van der Waals surface area contributed by atoms with Crippen molar-refractivity contribution in [1.29, 1.82) is 0 Å². The molecule has 2 fully saturated rings. The van der Waals surface area contributed by atoms with E-state index in [-0.39, 0.29) is 17.3 Å². The zero-order valence-corrected chi connectivity index (χ0v) is 16.6. The van der Waals surface area contributed by atoms with Gasteiger partial charge < -0.3 is 14.2 Å². The maximum atomic E-state index is 13.1. The Morgan fingerprint density at radius 2 is 1.61 bits per heavy atom. The number of imide groups is 1. The predicted octanol–water partition coefficient (Wildman–Crippen LogP) is 3.30. The molecule has 2 atom stereocenters. The van der Waals surface area contributed by atoms with Crippen molar-refractivity contribution in [2.45, 2.75) is 11.4 Å². The molecule has 2 heterocycles. The number of thioether (sulfide) groups is 1. The maximum absolute atomic E-state index is 13.1. The monoisotopic (exact) mass is 400 g/mol. The van der Waals surface area contributed by atoms with Crippen molar-refractivity contribution >= 4 is 29.4 Å². The van der Waals surface area contributed by atoms with Crippen LogP contribution in [0, 0.1) is 0 Å². The number of nitrogens with zero attached hydrogens (tertiary/aromatic N) is 2. The fraction of sp³-hybridized carbons (Fsp3) is 0.300. The molecule has 2 aromatic rings. The first-order valence-corrected chi connectivity index (χ1v) is 9.78. The highest BCUT2D eigenvalue weighted by Crippen LogP contribution is 2.49. The Morgan fingerprint density at radius 3 is 2.18 bits per heavy atom. The third kappa shape index (κ3) is 2.75.